The fourth-order valence-corrected chi connectivity index (χ4v) is 2.59. The first kappa shape index (κ1) is 14.8. The first-order chi connectivity index (χ1) is 9.20. The predicted molar refractivity (Wildman–Crippen MR) is 66.0 cm³/mol. The first-order valence-corrected chi connectivity index (χ1v) is 6.31. The van der Waals surface area contributed by atoms with Gasteiger partial charge in [-0.3, -0.25) is 14.9 Å². The van der Waals surface area contributed by atoms with Crippen molar-refractivity contribution in [1.82, 2.24) is 4.90 Å². The topological polar surface area (TPSA) is 63.5 Å². The normalized spacial score (nSPS) is 14.9. The maximum atomic E-state index is 12.4. The molecule has 0 unspecified atom stereocenters. The van der Waals surface area contributed by atoms with E-state index in [4.69, 9.17) is 0 Å². The minimum atomic E-state index is -4.93. The minimum absolute atomic E-state index is 0.0599. The van der Waals surface area contributed by atoms with Crippen LogP contribution in [0.15, 0.2) is 16.6 Å². The lowest BCUT2D eigenvalue weighted by atomic mass is 9.99. The van der Waals surface area contributed by atoms with Gasteiger partial charge in [-0.05, 0) is 39.5 Å². The van der Waals surface area contributed by atoms with Gasteiger partial charge in [0.25, 0.3) is 5.69 Å². The highest BCUT2D eigenvalue weighted by Gasteiger charge is 2.43. The molecule has 0 aliphatic carbocycles. The van der Waals surface area contributed by atoms with E-state index in [0.29, 0.717) is 16.0 Å². The van der Waals surface area contributed by atoms with Gasteiger partial charge in [-0.1, -0.05) is 0 Å². The fourth-order valence-electron chi connectivity index (χ4n) is 2.06. The summed E-state index contributed by atoms with van der Waals surface area (Å²) >= 11 is 3.05. The Hall–Kier alpha value is -1.64. The van der Waals surface area contributed by atoms with E-state index in [9.17, 15) is 28.1 Å². The van der Waals surface area contributed by atoms with Crippen molar-refractivity contribution in [2.45, 2.75) is 19.1 Å². The molecule has 0 saturated heterocycles. The van der Waals surface area contributed by atoms with Gasteiger partial charge in [0.05, 0.1) is 9.40 Å². The number of nitro benzene ring substituents is 1. The number of nitro groups is 1. The maximum Gasteiger partial charge on any atom is 0.471 e. The maximum absolute atomic E-state index is 12.4. The average Bonchev–Trinajstić information content (AvgIpc) is 2.35. The molecular weight excluding hydrogens is 345 g/mol. The SMILES string of the molecule is O=C(N1CCc2cc(Br)c([N+](=O)[O-])cc2C1)C(F)(F)F. The lowest BCUT2D eigenvalue weighted by Crippen LogP contribution is -2.43. The highest BCUT2D eigenvalue weighted by Crippen LogP contribution is 2.32. The molecule has 0 fully saturated rings. The third-order valence-electron chi connectivity index (χ3n) is 3.01. The fraction of sp³-hybridized carbons (Fsp3) is 0.364. The Labute approximate surface area is 119 Å². The molecule has 0 aromatic heterocycles. The van der Waals surface area contributed by atoms with E-state index in [1.165, 1.54) is 12.1 Å². The van der Waals surface area contributed by atoms with Gasteiger partial charge in [-0.25, -0.2) is 0 Å². The molecule has 1 aromatic rings. The molecule has 1 amide bonds. The summed E-state index contributed by atoms with van der Waals surface area (Å²) in [5.74, 6) is -1.92. The Morgan fingerprint density at radius 3 is 2.55 bits per heavy atom. The van der Waals surface area contributed by atoms with Crippen molar-refractivity contribution in [3.05, 3.63) is 37.8 Å². The number of halogens is 4. The number of carbonyl (C=O) groups excluding carboxylic acids is 1. The van der Waals surface area contributed by atoms with Crippen LogP contribution in [-0.4, -0.2) is 28.5 Å². The number of nitrogens with zero attached hydrogens (tertiary/aromatic N) is 2. The van der Waals surface area contributed by atoms with Crippen molar-refractivity contribution in [3.8, 4) is 0 Å². The summed E-state index contributed by atoms with van der Waals surface area (Å²) in [4.78, 5) is 22.0. The Bertz CT molecular complexity index is 589. The van der Waals surface area contributed by atoms with Crippen LogP contribution in [-0.2, 0) is 17.8 Å². The Morgan fingerprint density at radius 2 is 2.00 bits per heavy atom. The predicted octanol–water partition coefficient (Wildman–Crippen LogP) is 2.80. The molecule has 5 nitrogen and oxygen atoms in total. The molecular formula is C11H8BrF3N2O3. The van der Waals surface area contributed by atoms with Crippen LogP contribution in [0.4, 0.5) is 18.9 Å². The van der Waals surface area contributed by atoms with Crippen LogP contribution in [0, 0.1) is 10.1 Å². The lowest BCUT2D eigenvalue weighted by molar-refractivity contribution is -0.385. The molecule has 1 aromatic carbocycles. The number of carbonyl (C=O) groups is 1. The van der Waals surface area contributed by atoms with Crippen LogP contribution < -0.4 is 0 Å². The molecule has 20 heavy (non-hydrogen) atoms. The van der Waals surface area contributed by atoms with Gasteiger partial charge in [0.15, 0.2) is 0 Å². The monoisotopic (exact) mass is 352 g/mol. The standard InChI is InChI=1S/C11H8BrF3N2O3/c12-8-3-6-1-2-16(10(18)11(13,14)15)5-7(6)4-9(8)17(19)20/h3-4H,1-2,5H2. The second kappa shape index (κ2) is 5.04. The zero-order valence-electron chi connectivity index (χ0n) is 9.91. The summed E-state index contributed by atoms with van der Waals surface area (Å²) in [5, 5.41) is 10.8. The highest BCUT2D eigenvalue weighted by atomic mass is 79.9. The summed E-state index contributed by atoms with van der Waals surface area (Å²) in [6, 6.07) is 2.72. The number of fused-ring (bicyclic) bond motifs is 1. The smallest absolute Gasteiger partial charge is 0.330 e. The first-order valence-electron chi connectivity index (χ1n) is 5.52. The lowest BCUT2D eigenvalue weighted by Gasteiger charge is -2.29. The van der Waals surface area contributed by atoms with Crippen LogP contribution in [0.3, 0.4) is 0 Å². The van der Waals surface area contributed by atoms with Crippen molar-refractivity contribution in [2.24, 2.45) is 0 Å². The summed E-state index contributed by atoms with van der Waals surface area (Å²) in [6.45, 7) is -0.336. The summed E-state index contributed by atoms with van der Waals surface area (Å²) in [5.41, 5.74) is 0.836. The average molecular weight is 353 g/mol. The van der Waals surface area contributed by atoms with Gasteiger partial charge in [-0.15, -0.1) is 0 Å². The summed E-state index contributed by atoms with van der Waals surface area (Å²) < 4.78 is 37.4. The quantitative estimate of drug-likeness (QED) is 0.576. The molecule has 1 heterocycles. The van der Waals surface area contributed by atoms with E-state index in [1.54, 1.807) is 0 Å². The third kappa shape index (κ3) is 2.77. The zero-order chi connectivity index (χ0) is 15.1. The number of benzene rings is 1. The molecule has 1 aliphatic heterocycles. The molecule has 0 spiro atoms. The third-order valence-corrected chi connectivity index (χ3v) is 3.64. The number of rotatable bonds is 1. The molecule has 1 aliphatic rings. The van der Waals surface area contributed by atoms with Crippen LogP contribution >= 0.6 is 15.9 Å². The van der Waals surface area contributed by atoms with Crippen LogP contribution in [0.25, 0.3) is 0 Å². The van der Waals surface area contributed by atoms with E-state index in [0.717, 1.165) is 0 Å². The van der Waals surface area contributed by atoms with Gasteiger partial charge in [0.2, 0.25) is 0 Å². The van der Waals surface area contributed by atoms with Crippen molar-refractivity contribution in [1.29, 1.82) is 0 Å². The number of hydrogen-bond acceptors (Lipinski definition) is 3. The van der Waals surface area contributed by atoms with Gasteiger partial charge < -0.3 is 4.90 Å². The Morgan fingerprint density at radius 1 is 1.35 bits per heavy atom. The van der Waals surface area contributed by atoms with Gasteiger partial charge >= 0.3 is 12.1 Å². The Balaban J connectivity index is 2.32. The number of hydrogen-bond donors (Lipinski definition) is 0. The van der Waals surface area contributed by atoms with Crippen molar-refractivity contribution >= 4 is 27.5 Å². The molecule has 0 atom stereocenters. The second-order valence-electron chi connectivity index (χ2n) is 4.30. The van der Waals surface area contributed by atoms with Gasteiger partial charge in [0, 0.05) is 19.2 Å². The largest absolute Gasteiger partial charge is 0.471 e. The Kier molecular flexibility index (Phi) is 3.72. The second-order valence-corrected chi connectivity index (χ2v) is 5.16. The van der Waals surface area contributed by atoms with Gasteiger partial charge in [0.1, 0.15) is 0 Å². The van der Waals surface area contributed by atoms with Crippen molar-refractivity contribution < 1.29 is 22.9 Å². The van der Waals surface area contributed by atoms with Crippen molar-refractivity contribution in [2.75, 3.05) is 6.54 Å². The zero-order valence-corrected chi connectivity index (χ0v) is 11.5. The molecule has 0 N–H and O–H groups in total. The number of alkyl halides is 3. The van der Waals surface area contributed by atoms with Gasteiger partial charge in [-0.2, -0.15) is 13.2 Å². The minimum Gasteiger partial charge on any atom is -0.330 e. The molecule has 108 valence electrons. The van der Waals surface area contributed by atoms with E-state index in [-0.39, 0.29) is 29.7 Å². The summed E-state index contributed by atoms with van der Waals surface area (Å²) in [6.07, 6.45) is -4.70. The van der Waals surface area contributed by atoms with Crippen molar-refractivity contribution in [3.63, 3.8) is 0 Å². The molecule has 2 rings (SSSR count). The summed E-state index contributed by atoms with van der Waals surface area (Å²) in [7, 11) is 0. The highest BCUT2D eigenvalue weighted by molar-refractivity contribution is 9.10. The molecule has 0 radical (unpaired) electrons. The molecule has 0 bridgehead atoms. The van der Waals surface area contributed by atoms with E-state index in [1.807, 2.05) is 0 Å². The van der Waals surface area contributed by atoms with E-state index < -0.39 is 17.0 Å². The molecule has 0 saturated carbocycles. The van der Waals surface area contributed by atoms with Crippen LogP contribution in [0.1, 0.15) is 11.1 Å². The number of amides is 1. The van der Waals surface area contributed by atoms with Crippen LogP contribution in [0.5, 0.6) is 0 Å². The van der Waals surface area contributed by atoms with E-state index >= 15 is 0 Å². The molecule has 9 heteroatoms. The van der Waals surface area contributed by atoms with Crippen LogP contribution in [0.2, 0.25) is 0 Å². The van der Waals surface area contributed by atoms with E-state index in [2.05, 4.69) is 15.9 Å².